The maximum absolute atomic E-state index is 9.32. The first-order chi connectivity index (χ1) is 7.93. The van der Waals surface area contributed by atoms with Gasteiger partial charge in [-0.3, -0.25) is 4.98 Å². The second kappa shape index (κ2) is 5.65. The van der Waals surface area contributed by atoms with E-state index in [4.69, 9.17) is 5.26 Å². The third-order valence-corrected chi connectivity index (χ3v) is 2.54. The van der Waals surface area contributed by atoms with Crippen molar-refractivity contribution in [3.63, 3.8) is 0 Å². The molecule has 2 N–H and O–H groups in total. The maximum Gasteiger partial charge on any atom is 0.103 e. The largest absolute Gasteiger partial charge is 0.393 e. The van der Waals surface area contributed by atoms with Gasteiger partial charge in [0.15, 0.2) is 0 Å². The summed E-state index contributed by atoms with van der Waals surface area (Å²) < 4.78 is 0. The van der Waals surface area contributed by atoms with Gasteiger partial charge < -0.3 is 10.4 Å². The van der Waals surface area contributed by atoms with Gasteiger partial charge in [0.25, 0.3) is 0 Å². The van der Waals surface area contributed by atoms with Gasteiger partial charge in [0.2, 0.25) is 0 Å². The molecule has 0 saturated carbocycles. The highest BCUT2D eigenvalue weighted by Crippen LogP contribution is 2.20. The Morgan fingerprint density at radius 1 is 1.47 bits per heavy atom. The monoisotopic (exact) mass is 233 g/mol. The first-order valence-electron chi connectivity index (χ1n) is 5.77. The van der Waals surface area contributed by atoms with Crippen molar-refractivity contribution < 1.29 is 5.11 Å². The van der Waals surface area contributed by atoms with Crippen LogP contribution >= 0.6 is 0 Å². The van der Waals surface area contributed by atoms with E-state index >= 15 is 0 Å². The molecule has 0 radical (unpaired) electrons. The van der Waals surface area contributed by atoms with Crippen molar-refractivity contribution >= 4 is 5.69 Å². The van der Waals surface area contributed by atoms with Crippen LogP contribution < -0.4 is 5.32 Å². The molecule has 4 nitrogen and oxygen atoms in total. The summed E-state index contributed by atoms with van der Waals surface area (Å²) in [5, 5.41) is 21.7. The molecule has 0 amide bonds. The summed E-state index contributed by atoms with van der Waals surface area (Å²) in [5.74, 6) is 0. The lowest BCUT2D eigenvalue weighted by Gasteiger charge is -2.18. The fraction of sp³-hybridized carbons (Fsp3) is 0.538. The van der Waals surface area contributed by atoms with Gasteiger partial charge in [-0.05, 0) is 40.2 Å². The molecular formula is C13H19N3O. The van der Waals surface area contributed by atoms with Gasteiger partial charge in [0, 0.05) is 11.7 Å². The number of aliphatic hydroxyl groups excluding tert-OH is 1. The molecule has 0 aromatic carbocycles. The lowest BCUT2D eigenvalue weighted by Crippen LogP contribution is -2.21. The highest BCUT2D eigenvalue weighted by Gasteiger charge is 2.11. The molecule has 92 valence electrons. The molecule has 1 aromatic rings. The number of hydrogen-bond donors (Lipinski definition) is 2. The Balaban J connectivity index is 2.94. The Kier molecular flexibility index (Phi) is 4.47. The molecule has 17 heavy (non-hydrogen) atoms. The van der Waals surface area contributed by atoms with E-state index in [9.17, 15) is 5.11 Å². The van der Waals surface area contributed by atoms with E-state index in [1.807, 2.05) is 26.8 Å². The molecule has 0 aliphatic rings. The predicted molar refractivity (Wildman–Crippen MR) is 67.8 cm³/mol. The SMILES string of the molecule is Cc1cc(NC(C)CC(C)O)c(C#N)c(C)n1. The minimum atomic E-state index is -0.355. The molecule has 0 aliphatic heterocycles. The molecule has 1 rings (SSSR count). The summed E-state index contributed by atoms with van der Waals surface area (Å²) >= 11 is 0. The lowest BCUT2D eigenvalue weighted by molar-refractivity contribution is 0.179. The van der Waals surface area contributed by atoms with Gasteiger partial charge >= 0.3 is 0 Å². The van der Waals surface area contributed by atoms with E-state index in [-0.39, 0.29) is 12.1 Å². The molecule has 0 bridgehead atoms. The minimum absolute atomic E-state index is 0.114. The van der Waals surface area contributed by atoms with Crippen LogP contribution in [0.15, 0.2) is 6.07 Å². The maximum atomic E-state index is 9.32. The number of nitriles is 1. The van der Waals surface area contributed by atoms with Crippen LogP contribution in [0, 0.1) is 25.2 Å². The van der Waals surface area contributed by atoms with Gasteiger partial charge in [-0.1, -0.05) is 0 Å². The average Bonchev–Trinajstić information content (AvgIpc) is 2.15. The van der Waals surface area contributed by atoms with Crippen LogP contribution in [0.3, 0.4) is 0 Å². The Morgan fingerprint density at radius 2 is 2.12 bits per heavy atom. The van der Waals surface area contributed by atoms with Gasteiger partial charge in [0.1, 0.15) is 6.07 Å². The van der Waals surface area contributed by atoms with Crippen LogP contribution in [0.25, 0.3) is 0 Å². The van der Waals surface area contributed by atoms with Crippen molar-refractivity contribution in [1.29, 1.82) is 5.26 Å². The summed E-state index contributed by atoms with van der Waals surface area (Å²) in [6.45, 7) is 7.47. The van der Waals surface area contributed by atoms with Crippen LogP contribution in [0.4, 0.5) is 5.69 Å². The van der Waals surface area contributed by atoms with Gasteiger partial charge in [-0.2, -0.15) is 5.26 Å². The van der Waals surface area contributed by atoms with Crippen LogP contribution in [0.1, 0.15) is 37.2 Å². The minimum Gasteiger partial charge on any atom is -0.393 e. The highest BCUT2D eigenvalue weighted by molar-refractivity contribution is 5.60. The summed E-state index contributed by atoms with van der Waals surface area (Å²) in [7, 11) is 0. The molecular weight excluding hydrogens is 214 g/mol. The van der Waals surface area contributed by atoms with Gasteiger partial charge in [0.05, 0.1) is 23.0 Å². The smallest absolute Gasteiger partial charge is 0.103 e. The zero-order chi connectivity index (χ0) is 13.0. The van der Waals surface area contributed by atoms with Crippen LogP contribution in [-0.4, -0.2) is 22.2 Å². The van der Waals surface area contributed by atoms with Crippen molar-refractivity contribution in [3.05, 3.63) is 23.0 Å². The third-order valence-electron chi connectivity index (χ3n) is 2.54. The van der Waals surface area contributed by atoms with Crippen molar-refractivity contribution in [3.8, 4) is 6.07 Å². The summed E-state index contributed by atoms with van der Waals surface area (Å²) in [5.41, 5.74) is 2.99. The number of aromatic nitrogens is 1. The van der Waals surface area contributed by atoms with Crippen molar-refractivity contribution in [2.75, 3.05) is 5.32 Å². The summed E-state index contributed by atoms with van der Waals surface area (Å²) in [6, 6.07) is 4.14. The molecule has 4 heteroatoms. The summed E-state index contributed by atoms with van der Waals surface area (Å²) in [6.07, 6.45) is 0.290. The number of hydrogen-bond acceptors (Lipinski definition) is 4. The van der Waals surface area contributed by atoms with E-state index < -0.39 is 0 Å². The van der Waals surface area contributed by atoms with E-state index in [1.165, 1.54) is 0 Å². The molecule has 0 spiro atoms. The van der Waals surface area contributed by atoms with Crippen LogP contribution in [0.5, 0.6) is 0 Å². The molecule has 1 heterocycles. The average molecular weight is 233 g/mol. The third kappa shape index (κ3) is 3.72. The van der Waals surface area contributed by atoms with Crippen molar-refractivity contribution in [2.24, 2.45) is 0 Å². The quantitative estimate of drug-likeness (QED) is 0.836. The topological polar surface area (TPSA) is 68.9 Å². The van der Waals surface area contributed by atoms with E-state index in [1.54, 1.807) is 6.92 Å². The Hall–Kier alpha value is -1.60. The number of aryl methyl sites for hydroxylation is 2. The number of pyridine rings is 1. The van der Waals surface area contributed by atoms with E-state index in [2.05, 4.69) is 16.4 Å². The first kappa shape index (κ1) is 13.5. The number of anilines is 1. The Labute approximate surface area is 102 Å². The van der Waals surface area contributed by atoms with Crippen molar-refractivity contribution in [2.45, 2.75) is 46.3 Å². The Morgan fingerprint density at radius 3 is 2.65 bits per heavy atom. The zero-order valence-electron chi connectivity index (χ0n) is 10.8. The number of nitrogens with one attached hydrogen (secondary N) is 1. The van der Waals surface area contributed by atoms with Crippen LogP contribution in [0.2, 0.25) is 0 Å². The molecule has 2 atom stereocenters. The molecule has 0 saturated heterocycles. The van der Waals surface area contributed by atoms with Crippen LogP contribution in [-0.2, 0) is 0 Å². The molecule has 0 fully saturated rings. The predicted octanol–water partition coefficient (Wildman–Crippen LogP) is 2.14. The molecule has 1 aromatic heterocycles. The van der Waals surface area contributed by atoms with Gasteiger partial charge in [-0.25, -0.2) is 0 Å². The fourth-order valence-electron chi connectivity index (χ4n) is 1.92. The highest BCUT2D eigenvalue weighted by atomic mass is 16.3. The second-order valence-electron chi connectivity index (χ2n) is 4.51. The number of rotatable bonds is 4. The summed E-state index contributed by atoms with van der Waals surface area (Å²) in [4.78, 5) is 4.26. The Bertz CT molecular complexity index is 435. The number of aliphatic hydroxyl groups is 1. The number of nitrogens with zero attached hydrogens (tertiary/aromatic N) is 2. The lowest BCUT2D eigenvalue weighted by atomic mass is 10.1. The van der Waals surface area contributed by atoms with E-state index in [0.717, 1.165) is 17.1 Å². The van der Waals surface area contributed by atoms with Crippen molar-refractivity contribution in [1.82, 2.24) is 4.98 Å². The van der Waals surface area contributed by atoms with E-state index in [0.29, 0.717) is 12.0 Å². The first-order valence-corrected chi connectivity index (χ1v) is 5.77. The zero-order valence-corrected chi connectivity index (χ0v) is 10.8. The van der Waals surface area contributed by atoms with Gasteiger partial charge in [-0.15, -0.1) is 0 Å². The normalized spacial score (nSPS) is 13.9. The second-order valence-corrected chi connectivity index (χ2v) is 4.51. The fourth-order valence-corrected chi connectivity index (χ4v) is 1.92. The standard InChI is InChI=1S/C13H19N3O/c1-8(5-10(3)17)16-13-6-9(2)15-11(4)12(13)7-14/h6,8,10,17H,5H2,1-4H3,(H,15,16). The molecule has 0 aliphatic carbocycles. The molecule has 2 unspecified atom stereocenters.